The number of guanidine groups is 1. The molecule has 0 aliphatic carbocycles. The number of nitrogens with one attached hydrogen (secondary N) is 2. The summed E-state index contributed by atoms with van der Waals surface area (Å²) in [4.78, 5) is 14.0. The fourth-order valence-corrected chi connectivity index (χ4v) is 3.95. The number of aliphatic imine (C=N–C) groups is 1. The van der Waals surface area contributed by atoms with E-state index >= 15 is 0 Å². The predicted octanol–water partition coefficient (Wildman–Crippen LogP) is 0.548. The molecule has 2 atom stereocenters. The first-order valence-electron chi connectivity index (χ1n) is 10.5. The van der Waals surface area contributed by atoms with E-state index < -0.39 is 0 Å². The lowest BCUT2D eigenvalue weighted by Gasteiger charge is -2.38. The largest absolute Gasteiger partial charge is 0.377 e. The topological polar surface area (TPSA) is 82.8 Å². The minimum absolute atomic E-state index is 0. The van der Waals surface area contributed by atoms with Crippen molar-refractivity contribution in [2.45, 2.75) is 51.9 Å². The van der Waals surface area contributed by atoms with E-state index in [2.05, 4.69) is 49.4 Å². The Morgan fingerprint density at radius 2 is 2.07 bits per heavy atom. The van der Waals surface area contributed by atoms with Gasteiger partial charge in [-0.2, -0.15) is 5.10 Å². The molecule has 1 fully saturated rings. The number of hydrogen-bond acceptors (Lipinski definition) is 6. The summed E-state index contributed by atoms with van der Waals surface area (Å²) in [5, 5.41) is 11.6. The van der Waals surface area contributed by atoms with E-state index in [4.69, 9.17) is 4.74 Å². The van der Waals surface area contributed by atoms with Gasteiger partial charge in [-0.1, -0.05) is 6.92 Å². The van der Waals surface area contributed by atoms with Crippen molar-refractivity contribution in [2.24, 2.45) is 4.99 Å². The highest BCUT2D eigenvalue weighted by Crippen LogP contribution is 2.13. The molecule has 1 saturated heterocycles. The number of methoxy groups -OCH3 is 1. The summed E-state index contributed by atoms with van der Waals surface area (Å²) < 4.78 is 7.14. The van der Waals surface area contributed by atoms with Gasteiger partial charge in [-0.25, -0.2) is 9.67 Å². The van der Waals surface area contributed by atoms with Crippen molar-refractivity contribution in [2.75, 3.05) is 53.4 Å². The van der Waals surface area contributed by atoms with Gasteiger partial charge in [0.2, 0.25) is 0 Å². The smallest absolute Gasteiger partial charge is 0.191 e. The first-order valence-corrected chi connectivity index (χ1v) is 10.5. The van der Waals surface area contributed by atoms with Crippen LogP contribution < -0.4 is 10.6 Å². The number of ether oxygens (including phenoxy) is 1. The average molecular weight is 520 g/mol. The third-order valence-electron chi connectivity index (χ3n) is 5.78. The van der Waals surface area contributed by atoms with Crippen LogP contribution >= 0.6 is 24.0 Å². The van der Waals surface area contributed by atoms with Crippen molar-refractivity contribution in [3.63, 3.8) is 0 Å². The van der Waals surface area contributed by atoms with Gasteiger partial charge in [0.15, 0.2) is 11.8 Å². The summed E-state index contributed by atoms with van der Waals surface area (Å²) in [5.74, 6) is 2.68. The Labute approximate surface area is 191 Å². The third-order valence-corrected chi connectivity index (χ3v) is 5.78. The number of aromatic nitrogens is 3. The SMILES string of the molecule is CCN1CCN(C(C)CNC(=NC)NC2CCc3nc(COC)nn3C2)CC1.I. The van der Waals surface area contributed by atoms with Crippen LogP contribution in [0.3, 0.4) is 0 Å². The van der Waals surface area contributed by atoms with Gasteiger partial charge in [0.25, 0.3) is 0 Å². The maximum Gasteiger partial charge on any atom is 0.191 e. The van der Waals surface area contributed by atoms with Crippen molar-refractivity contribution in [1.29, 1.82) is 0 Å². The summed E-state index contributed by atoms with van der Waals surface area (Å²) >= 11 is 0. The molecule has 0 aromatic carbocycles. The van der Waals surface area contributed by atoms with Crippen LogP contribution in [0.5, 0.6) is 0 Å². The van der Waals surface area contributed by atoms with Crippen molar-refractivity contribution in [3.8, 4) is 0 Å². The fourth-order valence-electron chi connectivity index (χ4n) is 3.95. The van der Waals surface area contributed by atoms with E-state index in [1.54, 1.807) is 7.11 Å². The molecule has 2 aliphatic heterocycles. The Bertz CT molecular complexity index is 644. The summed E-state index contributed by atoms with van der Waals surface area (Å²) in [6, 6.07) is 0.793. The van der Waals surface area contributed by atoms with E-state index in [-0.39, 0.29) is 24.0 Å². The maximum atomic E-state index is 5.14. The van der Waals surface area contributed by atoms with Gasteiger partial charge in [0.05, 0.1) is 6.54 Å². The summed E-state index contributed by atoms with van der Waals surface area (Å²) in [6.07, 6.45) is 1.95. The minimum Gasteiger partial charge on any atom is -0.377 e. The van der Waals surface area contributed by atoms with E-state index in [1.807, 2.05) is 11.7 Å². The Balaban J connectivity index is 0.00000300. The van der Waals surface area contributed by atoms with Gasteiger partial charge < -0.3 is 20.3 Å². The molecule has 10 heteroatoms. The van der Waals surface area contributed by atoms with Crippen molar-refractivity contribution in [3.05, 3.63) is 11.6 Å². The first kappa shape index (κ1) is 24.3. The second-order valence-corrected chi connectivity index (χ2v) is 7.71. The van der Waals surface area contributed by atoms with Gasteiger partial charge in [-0.05, 0) is 19.9 Å². The molecule has 2 aliphatic rings. The van der Waals surface area contributed by atoms with Crippen LogP contribution in [-0.2, 0) is 24.3 Å². The molecule has 2 N–H and O–H groups in total. The molecule has 0 radical (unpaired) electrons. The van der Waals surface area contributed by atoms with E-state index in [0.29, 0.717) is 18.7 Å². The Morgan fingerprint density at radius 1 is 1.31 bits per heavy atom. The summed E-state index contributed by atoms with van der Waals surface area (Å²) in [7, 11) is 3.51. The molecule has 0 spiro atoms. The number of fused-ring (bicyclic) bond motifs is 1. The highest BCUT2D eigenvalue weighted by Gasteiger charge is 2.23. The molecule has 0 bridgehead atoms. The van der Waals surface area contributed by atoms with Crippen molar-refractivity contribution >= 4 is 29.9 Å². The molecule has 166 valence electrons. The van der Waals surface area contributed by atoms with E-state index in [1.165, 1.54) is 13.1 Å². The summed E-state index contributed by atoms with van der Waals surface area (Å²) in [6.45, 7) is 12.5. The normalized spacial score (nSPS) is 21.9. The highest BCUT2D eigenvalue weighted by atomic mass is 127. The zero-order chi connectivity index (χ0) is 19.9. The Hall–Kier alpha value is -0.980. The molecule has 0 amide bonds. The summed E-state index contributed by atoms with van der Waals surface area (Å²) in [5.41, 5.74) is 0. The standard InChI is InChI=1S/C19H36N8O.HI/c1-5-25-8-10-26(11-9-25)15(2)12-21-19(20-3)22-16-6-7-18-23-17(14-28-4)24-27(18)13-16;/h15-16H,5-14H2,1-4H3,(H2,20,21,22);1H. The molecule has 1 aromatic rings. The molecular formula is C19H37IN8O. The Morgan fingerprint density at radius 3 is 2.72 bits per heavy atom. The lowest BCUT2D eigenvalue weighted by atomic mass is 10.1. The van der Waals surface area contributed by atoms with Crippen molar-refractivity contribution in [1.82, 2.24) is 35.2 Å². The monoisotopic (exact) mass is 520 g/mol. The second kappa shape index (κ2) is 12.0. The van der Waals surface area contributed by atoms with Crippen molar-refractivity contribution < 1.29 is 4.74 Å². The van der Waals surface area contributed by atoms with E-state index in [9.17, 15) is 0 Å². The number of likely N-dealkylation sites (N-methyl/N-ethyl adjacent to an activating group) is 1. The maximum absolute atomic E-state index is 5.14. The number of rotatable bonds is 7. The molecule has 29 heavy (non-hydrogen) atoms. The zero-order valence-electron chi connectivity index (χ0n) is 18.2. The Kier molecular flexibility index (Phi) is 10.1. The number of halogens is 1. The predicted molar refractivity (Wildman–Crippen MR) is 126 cm³/mol. The molecule has 3 heterocycles. The van der Waals surface area contributed by atoms with Crippen LogP contribution in [0.4, 0.5) is 0 Å². The van der Waals surface area contributed by atoms with Gasteiger partial charge in [-0.3, -0.25) is 9.89 Å². The van der Waals surface area contributed by atoms with Crippen LogP contribution in [0.25, 0.3) is 0 Å². The molecule has 0 saturated carbocycles. The van der Waals surface area contributed by atoms with Gasteiger partial charge >= 0.3 is 0 Å². The van der Waals surface area contributed by atoms with Crippen LogP contribution in [0, 0.1) is 0 Å². The molecule has 9 nitrogen and oxygen atoms in total. The number of nitrogens with zero attached hydrogens (tertiary/aromatic N) is 6. The zero-order valence-corrected chi connectivity index (χ0v) is 20.6. The fraction of sp³-hybridized carbons (Fsp3) is 0.842. The second-order valence-electron chi connectivity index (χ2n) is 7.71. The number of aryl methyl sites for hydroxylation is 1. The quantitative estimate of drug-likeness (QED) is 0.309. The van der Waals surface area contributed by atoms with Crippen LogP contribution in [-0.4, -0.2) is 96.0 Å². The van der Waals surface area contributed by atoms with E-state index in [0.717, 1.165) is 63.2 Å². The van der Waals surface area contributed by atoms with Crippen LogP contribution in [0.2, 0.25) is 0 Å². The number of piperazine rings is 1. The third kappa shape index (κ3) is 6.76. The minimum atomic E-state index is 0. The van der Waals surface area contributed by atoms with Crippen LogP contribution in [0.15, 0.2) is 4.99 Å². The van der Waals surface area contributed by atoms with Gasteiger partial charge in [0.1, 0.15) is 12.4 Å². The van der Waals surface area contributed by atoms with Gasteiger partial charge in [-0.15, -0.1) is 24.0 Å². The van der Waals surface area contributed by atoms with Crippen LogP contribution in [0.1, 0.15) is 31.9 Å². The lowest BCUT2D eigenvalue weighted by Crippen LogP contribution is -2.54. The molecule has 2 unspecified atom stereocenters. The molecule has 1 aromatic heterocycles. The molecular weight excluding hydrogens is 483 g/mol. The highest BCUT2D eigenvalue weighted by molar-refractivity contribution is 14.0. The van der Waals surface area contributed by atoms with Gasteiger partial charge in [0, 0.05) is 65.4 Å². The molecule has 3 rings (SSSR count). The first-order chi connectivity index (χ1) is 13.6. The average Bonchev–Trinajstić information content (AvgIpc) is 3.12. The lowest BCUT2D eigenvalue weighted by molar-refractivity contribution is 0.107. The number of hydrogen-bond donors (Lipinski definition) is 2.